The fourth-order valence-electron chi connectivity index (χ4n) is 1.67. The highest BCUT2D eigenvalue weighted by Gasteiger charge is 2.18. The first-order valence-electron chi connectivity index (χ1n) is 5.11. The molecule has 0 radical (unpaired) electrons. The van der Waals surface area contributed by atoms with Crippen molar-refractivity contribution in [2.75, 3.05) is 13.7 Å². The Bertz CT molecular complexity index is 437. The van der Waals surface area contributed by atoms with Crippen molar-refractivity contribution in [3.05, 3.63) is 29.3 Å². The molecule has 1 heterocycles. The Morgan fingerprint density at radius 2 is 2.25 bits per heavy atom. The van der Waals surface area contributed by atoms with Gasteiger partial charge in [0.25, 0.3) is 0 Å². The van der Waals surface area contributed by atoms with Gasteiger partial charge in [-0.3, -0.25) is 4.79 Å². The number of hydrogen-bond donors (Lipinski definition) is 0. The van der Waals surface area contributed by atoms with E-state index >= 15 is 0 Å². The maximum atomic E-state index is 11.7. The first-order chi connectivity index (χ1) is 7.72. The van der Waals surface area contributed by atoms with Crippen LogP contribution < -0.4 is 4.74 Å². The summed E-state index contributed by atoms with van der Waals surface area (Å²) in [7, 11) is 1.32. The Morgan fingerprint density at radius 1 is 1.44 bits per heavy atom. The molecular weight excluding hydrogens is 208 g/mol. The summed E-state index contributed by atoms with van der Waals surface area (Å²) < 4.78 is 10.0. The third-order valence-corrected chi connectivity index (χ3v) is 2.51. The Hall–Kier alpha value is -1.84. The topological polar surface area (TPSA) is 52.6 Å². The maximum absolute atomic E-state index is 11.7. The Balaban J connectivity index is 2.41. The molecule has 0 atom stereocenters. The number of Topliss-reactive ketones (excluding diaryl/α,β-unsaturated/α-hetero) is 1. The number of hydrogen-bond acceptors (Lipinski definition) is 4. The smallest absolute Gasteiger partial charge is 0.337 e. The highest BCUT2D eigenvalue weighted by molar-refractivity contribution is 6.00. The quantitative estimate of drug-likeness (QED) is 0.677. The molecule has 0 bridgehead atoms. The minimum atomic E-state index is -0.428. The lowest BCUT2D eigenvalue weighted by atomic mass is 10.0. The van der Waals surface area contributed by atoms with E-state index in [1.165, 1.54) is 7.11 Å². The van der Waals surface area contributed by atoms with Gasteiger partial charge in [-0.1, -0.05) is 0 Å². The van der Waals surface area contributed by atoms with E-state index in [-0.39, 0.29) is 5.78 Å². The van der Waals surface area contributed by atoms with Crippen molar-refractivity contribution in [1.82, 2.24) is 0 Å². The molecule has 0 unspecified atom stereocenters. The lowest BCUT2D eigenvalue weighted by Crippen LogP contribution is -2.04. The standard InChI is InChI=1S/C12H12O4/c1-15-12(14)8-4-5-9-10(13)3-2-6-16-11(9)7-8/h4-5,7H,2-3,6H2,1H3. The van der Waals surface area contributed by atoms with Gasteiger partial charge in [0.2, 0.25) is 0 Å². The number of rotatable bonds is 1. The van der Waals surface area contributed by atoms with Crippen molar-refractivity contribution in [2.45, 2.75) is 12.8 Å². The average Bonchev–Trinajstić information content (AvgIpc) is 2.50. The zero-order chi connectivity index (χ0) is 11.5. The van der Waals surface area contributed by atoms with Crippen LogP contribution in [0.3, 0.4) is 0 Å². The van der Waals surface area contributed by atoms with Gasteiger partial charge in [-0.2, -0.15) is 0 Å². The Labute approximate surface area is 93.2 Å². The number of ketones is 1. The molecule has 4 nitrogen and oxygen atoms in total. The van der Waals surface area contributed by atoms with E-state index in [0.29, 0.717) is 36.3 Å². The van der Waals surface area contributed by atoms with Crippen molar-refractivity contribution in [2.24, 2.45) is 0 Å². The van der Waals surface area contributed by atoms with Gasteiger partial charge in [-0.05, 0) is 24.6 Å². The van der Waals surface area contributed by atoms with E-state index in [1.54, 1.807) is 18.2 Å². The zero-order valence-corrected chi connectivity index (χ0v) is 8.99. The molecule has 2 rings (SSSR count). The Morgan fingerprint density at radius 3 is 3.00 bits per heavy atom. The monoisotopic (exact) mass is 220 g/mol. The third-order valence-electron chi connectivity index (χ3n) is 2.51. The molecule has 1 aromatic rings. The lowest BCUT2D eigenvalue weighted by molar-refractivity contribution is 0.0600. The molecule has 16 heavy (non-hydrogen) atoms. The van der Waals surface area contributed by atoms with Gasteiger partial charge in [0.1, 0.15) is 5.75 Å². The van der Waals surface area contributed by atoms with Gasteiger partial charge in [0, 0.05) is 6.42 Å². The van der Waals surface area contributed by atoms with Crippen molar-refractivity contribution < 1.29 is 19.1 Å². The number of carbonyl (C=O) groups excluding carboxylic acids is 2. The van der Waals surface area contributed by atoms with E-state index in [1.807, 2.05) is 0 Å². The van der Waals surface area contributed by atoms with Gasteiger partial charge in [-0.25, -0.2) is 4.79 Å². The lowest BCUT2D eigenvalue weighted by Gasteiger charge is -2.07. The molecule has 0 aliphatic carbocycles. The van der Waals surface area contributed by atoms with Crippen molar-refractivity contribution >= 4 is 11.8 Å². The second-order valence-corrected chi connectivity index (χ2v) is 3.58. The summed E-state index contributed by atoms with van der Waals surface area (Å²) in [6, 6.07) is 4.76. The van der Waals surface area contributed by atoms with Crippen LogP contribution in [0, 0.1) is 0 Å². The van der Waals surface area contributed by atoms with Gasteiger partial charge in [0.05, 0.1) is 24.8 Å². The van der Waals surface area contributed by atoms with Gasteiger partial charge >= 0.3 is 5.97 Å². The largest absolute Gasteiger partial charge is 0.493 e. The van der Waals surface area contributed by atoms with Crippen LogP contribution in [0.15, 0.2) is 18.2 Å². The molecule has 4 heteroatoms. The van der Waals surface area contributed by atoms with E-state index in [4.69, 9.17) is 4.74 Å². The molecule has 1 aromatic carbocycles. The molecular formula is C12H12O4. The molecule has 1 aliphatic rings. The van der Waals surface area contributed by atoms with E-state index in [2.05, 4.69) is 4.74 Å². The molecule has 0 saturated heterocycles. The summed E-state index contributed by atoms with van der Waals surface area (Å²) in [6.45, 7) is 0.503. The SMILES string of the molecule is COC(=O)c1ccc2c(c1)OCCCC2=O. The van der Waals surface area contributed by atoms with Crippen LogP contribution in [0.1, 0.15) is 33.6 Å². The minimum Gasteiger partial charge on any atom is -0.493 e. The molecule has 0 N–H and O–H groups in total. The Kier molecular flexibility index (Phi) is 2.90. The number of methoxy groups -OCH3 is 1. The van der Waals surface area contributed by atoms with Crippen molar-refractivity contribution in [3.63, 3.8) is 0 Å². The first kappa shape index (κ1) is 10.7. The van der Waals surface area contributed by atoms with Crippen LogP contribution in [0.25, 0.3) is 0 Å². The van der Waals surface area contributed by atoms with Crippen LogP contribution >= 0.6 is 0 Å². The number of ether oxygens (including phenoxy) is 2. The minimum absolute atomic E-state index is 0.0592. The predicted octanol–water partition coefficient (Wildman–Crippen LogP) is 1.83. The zero-order valence-electron chi connectivity index (χ0n) is 8.99. The van der Waals surface area contributed by atoms with Crippen LogP contribution in [-0.2, 0) is 4.74 Å². The van der Waals surface area contributed by atoms with E-state index in [9.17, 15) is 9.59 Å². The van der Waals surface area contributed by atoms with Crippen LogP contribution in [0.5, 0.6) is 5.75 Å². The predicted molar refractivity (Wildman–Crippen MR) is 56.8 cm³/mol. The molecule has 0 saturated carbocycles. The fourth-order valence-corrected chi connectivity index (χ4v) is 1.67. The summed E-state index contributed by atoms with van der Waals surface area (Å²) in [5.41, 5.74) is 0.945. The highest BCUT2D eigenvalue weighted by atomic mass is 16.5. The summed E-state index contributed by atoms with van der Waals surface area (Å²) >= 11 is 0. The number of esters is 1. The van der Waals surface area contributed by atoms with Gasteiger partial charge in [-0.15, -0.1) is 0 Å². The van der Waals surface area contributed by atoms with Crippen molar-refractivity contribution in [1.29, 1.82) is 0 Å². The summed E-state index contributed by atoms with van der Waals surface area (Å²) in [5, 5.41) is 0. The first-order valence-corrected chi connectivity index (χ1v) is 5.11. The highest BCUT2D eigenvalue weighted by Crippen LogP contribution is 2.25. The molecule has 1 aliphatic heterocycles. The maximum Gasteiger partial charge on any atom is 0.337 e. The van der Waals surface area contributed by atoms with Crippen LogP contribution in [-0.4, -0.2) is 25.5 Å². The van der Waals surface area contributed by atoms with Gasteiger partial charge in [0.15, 0.2) is 5.78 Å². The summed E-state index contributed by atoms with van der Waals surface area (Å²) in [6.07, 6.45) is 1.20. The molecule has 0 aromatic heterocycles. The summed E-state index contributed by atoms with van der Waals surface area (Å²) in [4.78, 5) is 23.0. The summed E-state index contributed by atoms with van der Waals surface area (Å²) in [5.74, 6) is 0.109. The molecule has 84 valence electrons. The van der Waals surface area contributed by atoms with Crippen LogP contribution in [0.2, 0.25) is 0 Å². The van der Waals surface area contributed by atoms with Crippen molar-refractivity contribution in [3.8, 4) is 5.75 Å². The fraction of sp³-hybridized carbons (Fsp3) is 0.333. The molecule has 0 fully saturated rings. The third kappa shape index (κ3) is 1.91. The second-order valence-electron chi connectivity index (χ2n) is 3.58. The number of benzene rings is 1. The van der Waals surface area contributed by atoms with Crippen LogP contribution in [0.4, 0.5) is 0 Å². The molecule has 0 amide bonds. The van der Waals surface area contributed by atoms with E-state index < -0.39 is 5.97 Å². The number of fused-ring (bicyclic) bond motifs is 1. The molecule has 0 spiro atoms. The normalized spacial score (nSPS) is 14.7. The average molecular weight is 220 g/mol. The van der Waals surface area contributed by atoms with E-state index in [0.717, 1.165) is 0 Å². The van der Waals surface area contributed by atoms with Gasteiger partial charge < -0.3 is 9.47 Å². The number of carbonyl (C=O) groups is 2. The second kappa shape index (κ2) is 4.35.